The molecule has 4 rings (SSSR count). The lowest BCUT2D eigenvalue weighted by atomic mass is 9.84. The summed E-state index contributed by atoms with van der Waals surface area (Å²) in [4.78, 5) is 14.5. The fraction of sp³-hybridized carbons (Fsp3) is 0.545. The molecular weight excluding hydrogens is 448 g/mol. The molecule has 0 bridgehead atoms. The van der Waals surface area contributed by atoms with Gasteiger partial charge in [0.05, 0.1) is 18.8 Å². The molecule has 0 spiro atoms. The van der Waals surface area contributed by atoms with Crippen molar-refractivity contribution in [3.63, 3.8) is 0 Å². The number of hydrogen-bond donors (Lipinski definition) is 1. The first kappa shape index (κ1) is 23.0. The van der Waals surface area contributed by atoms with Crippen molar-refractivity contribution in [1.82, 2.24) is 14.7 Å². The lowest BCUT2D eigenvalue weighted by Crippen LogP contribution is -2.38. The minimum atomic E-state index is -4.62. The minimum Gasteiger partial charge on any atom is -0.336 e. The summed E-state index contributed by atoms with van der Waals surface area (Å²) >= 11 is 5.78. The van der Waals surface area contributed by atoms with Gasteiger partial charge in [0, 0.05) is 35.2 Å². The Morgan fingerprint density at radius 2 is 1.94 bits per heavy atom. The molecule has 1 fully saturated rings. The maximum absolute atomic E-state index is 14.3. The highest BCUT2D eigenvalue weighted by Crippen LogP contribution is 2.36. The van der Waals surface area contributed by atoms with Gasteiger partial charge < -0.3 is 10.6 Å². The number of halogens is 5. The standard InChI is InChI=1S/C22H25ClF4N4O/c23-15-4-3-14(18(24)10-15)11-31-19-12-30(8-7-17(19)21(29-31)22(25,26)27)20(32)9-13-1-5-16(28)6-2-13/h3-4,10,13,16H,1-2,5-9,11-12,28H2/t13-,16-. The first-order chi connectivity index (χ1) is 15.1. The van der Waals surface area contributed by atoms with Crippen molar-refractivity contribution in [2.75, 3.05) is 6.54 Å². The van der Waals surface area contributed by atoms with E-state index in [-0.39, 0.29) is 60.1 Å². The van der Waals surface area contributed by atoms with E-state index < -0.39 is 17.7 Å². The highest BCUT2D eigenvalue weighted by atomic mass is 35.5. The van der Waals surface area contributed by atoms with E-state index in [2.05, 4.69) is 5.10 Å². The van der Waals surface area contributed by atoms with Crippen LogP contribution in [0.15, 0.2) is 18.2 Å². The Morgan fingerprint density at radius 1 is 1.22 bits per heavy atom. The molecular formula is C22H25ClF4N4O. The maximum atomic E-state index is 14.3. The quantitative estimate of drug-likeness (QED) is 0.665. The normalized spacial score (nSPS) is 21.5. The average Bonchev–Trinajstić information content (AvgIpc) is 3.10. The molecule has 174 valence electrons. The fourth-order valence-corrected chi connectivity index (χ4v) is 4.79. The van der Waals surface area contributed by atoms with Crippen LogP contribution >= 0.6 is 11.6 Å². The molecule has 0 radical (unpaired) electrons. The van der Waals surface area contributed by atoms with Crippen LogP contribution in [0.1, 0.15) is 54.6 Å². The number of nitrogens with zero attached hydrogens (tertiary/aromatic N) is 3. The number of alkyl halides is 3. The monoisotopic (exact) mass is 472 g/mol. The van der Waals surface area contributed by atoms with Gasteiger partial charge in [0.25, 0.3) is 0 Å². The Balaban J connectivity index is 1.56. The summed E-state index contributed by atoms with van der Waals surface area (Å²) in [5.74, 6) is -0.438. The number of rotatable bonds is 4. The molecule has 2 N–H and O–H groups in total. The van der Waals surface area contributed by atoms with Crippen LogP contribution in [0.4, 0.5) is 17.6 Å². The fourth-order valence-electron chi connectivity index (χ4n) is 4.63. The third-order valence-corrected chi connectivity index (χ3v) is 6.69. The smallest absolute Gasteiger partial charge is 0.336 e. The average molecular weight is 473 g/mol. The Bertz CT molecular complexity index is 999. The topological polar surface area (TPSA) is 64.2 Å². The second-order valence-corrected chi connectivity index (χ2v) is 9.15. The molecule has 1 amide bonds. The van der Waals surface area contributed by atoms with E-state index in [4.69, 9.17) is 17.3 Å². The highest BCUT2D eigenvalue weighted by Gasteiger charge is 2.41. The first-order valence-corrected chi connectivity index (χ1v) is 11.1. The molecule has 0 saturated heterocycles. The number of hydrogen-bond acceptors (Lipinski definition) is 3. The molecule has 0 unspecified atom stereocenters. The van der Waals surface area contributed by atoms with Crippen LogP contribution in [-0.4, -0.2) is 33.2 Å². The Morgan fingerprint density at radius 3 is 2.59 bits per heavy atom. The molecule has 1 aliphatic heterocycles. The van der Waals surface area contributed by atoms with Gasteiger partial charge in [-0.3, -0.25) is 9.48 Å². The van der Waals surface area contributed by atoms with E-state index in [0.29, 0.717) is 12.1 Å². The zero-order valence-electron chi connectivity index (χ0n) is 17.5. The zero-order chi connectivity index (χ0) is 23.0. The molecule has 2 aliphatic rings. The van der Waals surface area contributed by atoms with Gasteiger partial charge in [-0.1, -0.05) is 17.7 Å². The predicted molar refractivity (Wildman–Crippen MR) is 111 cm³/mol. The zero-order valence-corrected chi connectivity index (χ0v) is 18.2. The molecule has 1 saturated carbocycles. The van der Waals surface area contributed by atoms with Crippen LogP contribution in [0, 0.1) is 11.7 Å². The summed E-state index contributed by atoms with van der Waals surface area (Å²) in [6.45, 7) is 0.0603. The van der Waals surface area contributed by atoms with Gasteiger partial charge in [-0.05, 0) is 50.2 Å². The van der Waals surface area contributed by atoms with Crippen LogP contribution in [0.2, 0.25) is 5.02 Å². The third kappa shape index (κ3) is 4.93. The maximum Gasteiger partial charge on any atom is 0.435 e. The summed E-state index contributed by atoms with van der Waals surface area (Å²) in [5, 5.41) is 3.98. The van der Waals surface area contributed by atoms with Gasteiger partial charge in [0.2, 0.25) is 5.91 Å². The van der Waals surface area contributed by atoms with Crippen LogP contribution in [0.5, 0.6) is 0 Å². The van der Waals surface area contributed by atoms with Crippen molar-refractivity contribution in [2.24, 2.45) is 11.7 Å². The van der Waals surface area contributed by atoms with Crippen LogP contribution < -0.4 is 5.73 Å². The number of fused-ring (bicyclic) bond motifs is 1. The Labute approximate surface area is 188 Å². The van der Waals surface area contributed by atoms with Crippen molar-refractivity contribution in [3.05, 3.63) is 51.6 Å². The molecule has 0 atom stereocenters. The number of benzene rings is 1. The van der Waals surface area contributed by atoms with Crippen molar-refractivity contribution in [2.45, 2.75) is 63.8 Å². The van der Waals surface area contributed by atoms with Gasteiger partial charge in [0.1, 0.15) is 5.82 Å². The molecule has 1 aliphatic carbocycles. The third-order valence-electron chi connectivity index (χ3n) is 6.45. The summed E-state index contributed by atoms with van der Waals surface area (Å²) in [6.07, 6.45) is -0.646. The van der Waals surface area contributed by atoms with E-state index in [1.165, 1.54) is 16.8 Å². The van der Waals surface area contributed by atoms with E-state index in [0.717, 1.165) is 31.7 Å². The predicted octanol–water partition coefficient (Wildman–Crippen LogP) is 4.54. The summed E-state index contributed by atoms with van der Waals surface area (Å²) in [5.41, 5.74) is 5.53. The molecule has 1 aromatic heterocycles. The van der Waals surface area contributed by atoms with Crippen molar-refractivity contribution >= 4 is 17.5 Å². The van der Waals surface area contributed by atoms with Crippen molar-refractivity contribution in [3.8, 4) is 0 Å². The number of nitrogens with two attached hydrogens (primary N) is 1. The minimum absolute atomic E-state index is 0.0265. The van der Waals surface area contributed by atoms with E-state index in [1.54, 1.807) is 4.90 Å². The number of amides is 1. The summed E-state index contributed by atoms with van der Waals surface area (Å²) < 4.78 is 56.2. The van der Waals surface area contributed by atoms with Gasteiger partial charge in [-0.15, -0.1) is 0 Å². The van der Waals surface area contributed by atoms with E-state index in [1.807, 2.05) is 0 Å². The van der Waals surface area contributed by atoms with Crippen molar-refractivity contribution in [1.29, 1.82) is 0 Å². The van der Waals surface area contributed by atoms with Gasteiger partial charge in [-0.2, -0.15) is 18.3 Å². The SMILES string of the molecule is N[C@H]1CC[C@H](CC(=O)N2CCc3c(C(F)(F)F)nn(Cc4ccc(Cl)cc4F)c3C2)CC1. The molecule has 2 heterocycles. The molecule has 1 aromatic carbocycles. The van der Waals surface area contributed by atoms with E-state index in [9.17, 15) is 22.4 Å². The molecule has 2 aromatic rings. The summed E-state index contributed by atoms with van der Waals surface area (Å²) in [7, 11) is 0. The van der Waals surface area contributed by atoms with Crippen LogP contribution in [0.25, 0.3) is 0 Å². The Kier molecular flexibility index (Phi) is 6.49. The summed E-state index contributed by atoms with van der Waals surface area (Å²) in [6, 6.07) is 4.20. The molecule has 32 heavy (non-hydrogen) atoms. The van der Waals surface area contributed by atoms with Crippen molar-refractivity contribution < 1.29 is 22.4 Å². The van der Waals surface area contributed by atoms with E-state index >= 15 is 0 Å². The number of carbonyl (C=O) groups is 1. The number of aromatic nitrogens is 2. The lowest BCUT2D eigenvalue weighted by molar-refractivity contribution is -0.142. The van der Waals surface area contributed by atoms with Gasteiger partial charge in [-0.25, -0.2) is 4.39 Å². The highest BCUT2D eigenvalue weighted by molar-refractivity contribution is 6.30. The second-order valence-electron chi connectivity index (χ2n) is 8.72. The van der Waals surface area contributed by atoms with Gasteiger partial charge >= 0.3 is 6.18 Å². The largest absolute Gasteiger partial charge is 0.435 e. The Hall–Kier alpha value is -2.13. The first-order valence-electron chi connectivity index (χ1n) is 10.7. The van der Waals surface area contributed by atoms with Crippen LogP contribution in [-0.2, 0) is 30.5 Å². The van der Waals surface area contributed by atoms with Crippen LogP contribution in [0.3, 0.4) is 0 Å². The second kappa shape index (κ2) is 9.02. The molecule has 10 heteroatoms. The molecule has 5 nitrogen and oxygen atoms in total. The number of carbonyl (C=O) groups excluding carboxylic acids is 1. The van der Waals surface area contributed by atoms with Gasteiger partial charge in [0.15, 0.2) is 5.69 Å². The lowest BCUT2D eigenvalue weighted by Gasteiger charge is -2.31.